The third kappa shape index (κ3) is 3.52. The molecule has 0 amide bonds. The van der Waals surface area contributed by atoms with E-state index in [1.807, 2.05) is 0 Å². The zero-order valence-electron chi connectivity index (χ0n) is 17.6. The summed E-state index contributed by atoms with van der Waals surface area (Å²) in [5, 5.41) is 24.2. The largest absolute Gasteiger partial charge is 0.505 e. The average Bonchev–Trinajstić information content (AvgIpc) is 2.74. The molecular formula is C23H21F5N2O3. The third-order valence-electron chi connectivity index (χ3n) is 6.37. The maximum Gasteiger partial charge on any atom is 0.419 e. The van der Waals surface area contributed by atoms with E-state index in [1.165, 1.54) is 25.1 Å². The van der Waals surface area contributed by atoms with Gasteiger partial charge < -0.3 is 20.5 Å². The Bertz CT molecular complexity index is 1300. The molecule has 0 aliphatic heterocycles. The summed E-state index contributed by atoms with van der Waals surface area (Å²) in [5.41, 5.74) is -4.29. The van der Waals surface area contributed by atoms with Gasteiger partial charge in [-0.3, -0.25) is 4.79 Å². The van der Waals surface area contributed by atoms with E-state index in [2.05, 4.69) is 10.3 Å². The fourth-order valence-electron chi connectivity index (χ4n) is 4.66. The average molecular weight is 468 g/mol. The highest BCUT2D eigenvalue weighted by Gasteiger charge is 2.62. The quantitative estimate of drug-likeness (QED) is 0.400. The molecule has 0 saturated heterocycles. The lowest BCUT2D eigenvalue weighted by Crippen LogP contribution is -2.55. The van der Waals surface area contributed by atoms with Crippen LogP contribution in [0.15, 0.2) is 35.1 Å². The Morgan fingerprint density at radius 1 is 1.21 bits per heavy atom. The molecule has 1 aliphatic rings. The molecule has 2 aromatic carbocycles. The van der Waals surface area contributed by atoms with Crippen molar-refractivity contribution in [3.05, 3.63) is 69.0 Å². The number of nitrogens with one attached hydrogen (secondary N) is 2. The van der Waals surface area contributed by atoms with Gasteiger partial charge in [-0.05, 0) is 55.0 Å². The van der Waals surface area contributed by atoms with Crippen LogP contribution in [-0.2, 0) is 0 Å². The Hall–Kier alpha value is -3.14. The summed E-state index contributed by atoms with van der Waals surface area (Å²) in [4.78, 5) is 13.9. The van der Waals surface area contributed by atoms with E-state index < -0.39 is 53.1 Å². The molecule has 0 fully saturated rings. The lowest BCUT2D eigenvalue weighted by molar-refractivity contribution is -0.272. The number of rotatable bonds is 3. The van der Waals surface area contributed by atoms with Gasteiger partial charge in [0.25, 0.3) is 0 Å². The van der Waals surface area contributed by atoms with Gasteiger partial charge in [-0.15, -0.1) is 0 Å². The van der Waals surface area contributed by atoms with Gasteiger partial charge in [-0.25, -0.2) is 8.78 Å². The van der Waals surface area contributed by atoms with Crippen molar-refractivity contribution >= 4 is 16.6 Å². The van der Waals surface area contributed by atoms with Crippen LogP contribution in [0.4, 0.5) is 27.6 Å². The first-order chi connectivity index (χ1) is 15.4. The maximum absolute atomic E-state index is 14.5. The van der Waals surface area contributed by atoms with Crippen LogP contribution < -0.4 is 10.9 Å². The molecular weight excluding hydrogens is 447 g/mol. The lowest BCUT2D eigenvalue weighted by atomic mass is 9.68. The van der Waals surface area contributed by atoms with Crippen LogP contribution in [0.5, 0.6) is 5.75 Å². The second kappa shape index (κ2) is 7.72. The van der Waals surface area contributed by atoms with Crippen LogP contribution in [0, 0.1) is 18.6 Å². The molecule has 4 rings (SSSR count). The first-order valence-electron chi connectivity index (χ1n) is 10.3. The summed E-state index contributed by atoms with van der Waals surface area (Å²) in [6.07, 6.45) is -5.78. The number of alkyl halides is 3. The molecule has 5 nitrogen and oxygen atoms in total. The van der Waals surface area contributed by atoms with E-state index in [4.69, 9.17) is 0 Å². The van der Waals surface area contributed by atoms with Crippen molar-refractivity contribution in [1.29, 1.82) is 0 Å². The van der Waals surface area contributed by atoms with E-state index in [1.54, 1.807) is 6.92 Å². The van der Waals surface area contributed by atoms with Gasteiger partial charge in [0.2, 0.25) is 5.56 Å². The zero-order valence-corrected chi connectivity index (χ0v) is 17.6. The van der Waals surface area contributed by atoms with Gasteiger partial charge in [0.1, 0.15) is 5.82 Å². The summed E-state index contributed by atoms with van der Waals surface area (Å²) >= 11 is 0. The number of hydrogen-bond donors (Lipinski definition) is 4. The number of aromatic hydroxyl groups is 1. The predicted molar refractivity (Wildman–Crippen MR) is 112 cm³/mol. The molecule has 1 aromatic heterocycles. The summed E-state index contributed by atoms with van der Waals surface area (Å²) in [5.74, 6) is -3.43. The number of aromatic amines is 1. The topological polar surface area (TPSA) is 85.4 Å². The highest BCUT2D eigenvalue weighted by Crippen LogP contribution is 2.55. The van der Waals surface area contributed by atoms with Crippen molar-refractivity contribution in [2.45, 2.75) is 50.4 Å². The first kappa shape index (κ1) is 23.0. The number of aryl methyl sites for hydroxylation is 1. The van der Waals surface area contributed by atoms with Crippen LogP contribution in [0.25, 0.3) is 10.9 Å². The van der Waals surface area contributed by atoms with E-state index in [-0.39, 0.29) is 39.7 Å². The zero-order chi connectivity index (χ0) is 24.3. The smallest absolute Gasteiger partial charge is 0.419 e. The Morgan fingerprint density at radius 2 is 1.91 bits per heavy atom. The summed E-state index contributed by atoms with van der Waals surface area (Å²) in [6, 6.07) is 3.83. The number of pyridine rings is 1. The third-order valence-corrected chi connectivity index (χ3v) is 6.37. The fraction of sp³-hybridized carbons (Fsp3) is 0.348. The van der Waals surface area contributed by atoms with Gasteiger partial charge in [0.05, 0.1) is 11.6 Å². The van der Waals surface area contributed by atoms with E-state index >= 15 is 0 Å². The van der Waals surface area contributed by atoms with Gasteiger partial charge in [-0.1, -0.05) is 13.0 Å². The molecule has 10 heteroatoms. The molecule has 0 bridgehead atoms. The standard InChI is InChI=1S/C23H21F5N2O3/c1-3-11-9-22(33,23(26,27)28)21(13-8-10(2)18(25)20(32)17(11)13)29-15-6-5-14(24)19-12(15)4-7-16(31)30-19/h4-8,11,21,29,32-33H,3,9H2,1-2H3,(H,30,31)/t11-,21+,22+/m1/s1. The van der Waals surface area contributed by atoms with Crippen molar-refractivity contribution in [2.24, 2.45) is 0 Å². The first-order valence-corrected chi connectivity index (χ1v) is 10.3. The summed E-state index contributed by atoms with van der Waals surface area (Å²) in [7, 11) is 0. The van der Waals surface area contributed by atoms with Crippen molar-refractivity contribution < 1.29 is 32.2 Å². The highest BCUT2D eigenvalue weighted by atomic mass is 19.4. The van der Waals surface area contributed by atoms with E-state index in [0.717, 1.165) is 12.1 Å². The van der Waals surface area contributed by atoms with Crippen LogP contribution in [0.3, 0.4) is 0 Å². The van der Waals surface area contributed by atoms with Crippen LogP contribution >= 0.6 is 0 Å². The minimum Gasteiger partial charge on any atom is -0.505 e. The van der Waals surface area contributed by atoms with Crippen molar-refractivity contribution in [3.63, 3.8) is 0 Å². The molecule has 176 valence electrons. The number of aromatic nitrogens is 1. The Morgan fingerprint density at radius 3 is 2.55 bits per heavy atom. The van der Waals surface area contributed by atoms with Gasteiger partial charge >= 0.3 is 6.18 Å². The molecule has 0 spiro atoms. The number of aliphatic hydroxyl groups is 1. The normalized spacial score (nSPS) is 22.9. The van der Waals surface area contributed by atoms with Crippen molar-refractivity contribution in [3.8, 4) is 5.75 Å². The minimum atomic E-state index is -5.09. The van der Waals surface area contributed by atoms with Gasteiger partial charge in [0, 0.05) is 22.7 Å². The molecule has 3 aromatic rings. The molecule has 33 heavy (non-hydrogen) atoms. The molecule has 1 aliphatic carbocycles. The van der Waals surface area contributed by atoms with Crippen LogP contribution in [-0.4, -0.2) is 27.0 Å². The number of halogens is 5. The number of benzene rings is 2. The number of phenols is 1. The number of fused-ring (bicyclic) bond motifs is 2. The highest BCUT2D eigenvalue weighted by molar-refractivity contribution is 5.91. The van der Waals surface area contributed by atoms with Crippen LogP contribution in [0.1, 0.15) is 48.4 Å². The number of anilines is 1. The number of hydrogen-bond acceptors (Lipinski definition) is 4. The summed E-state index contributed by atoms with van der Waals surface area (Å²) < 4.78 is 71.5. The fourth-order valence-corrected chi connectivity index (χ4v) is 4.66. The predicted octanol–water partition coefficient (Wildman–Crippen LogP) is 5.16. The minimum absolute atomic E-state index is 0.00755. The SMILES string of the molecule is CC[C@@H]1C[C@@](O)(C(F)(F)F)[C@@H](Nc2ccc(F)c3[nH]c(=O)ccc23)c2cc(C)c(F)c(O)c21. The molecule has 1 heterocycles. The van der Waals surface area contributed by atoms with Gasteiger partial charge in [-0.2, -0.15) is 13.2 Å². The molecule has 0 radical (unpaired) electrons. The van der Waals surface area contributed by atoms with E-state index in [9.17, 15) is 37.0 Å². The Labute approximate surface area is 184 Å². The second-order valence-electron chi connectivity index (χ2n) is 8.37. The molecule has 0 unspecified atom stereocenters. The van der Waals surface area contributed by atoms with Crippen molar-refractivity contribution in [2.75, 3.05) is 5.32 Å². The molecule has 4 N–H and O–H groups in total. The number of phenolic OH excluding ortho intramolecular Hbond substituents is 1. The Balaban J connectivity index is 1.98. The number of H-pyrrole nitrogens is 1. The summed E-state index contributed by atoms with van der Waals surface area (Å²) in [6.45, 7) is 2.88. The monoisotopic (exact) mass is 468 g/mol. The van der Waals surface area contributed by atoms with Gasteiger partial charge in [0.15, 0.2) is 17.2 Å². The second-order valence-corrected chi connectivity index (χ2v) is 8.37. The van der Waals surface area contributed by atoms with Crippen LogP contribution in [0.2, 0.25) is 0 Å². The Kier molecular flexibility index (Phi) is 5.39. The van der Waals surface area contributed by atoms with Crippen molar-refractivity contribution in [1.82, 2.24) is 4.98 Å². The molecule has 3 atom stereocenters. The molecule has 0 saturated carbocycles. The van der Waals surface area contributed by atoms with E-state index in [0.29, 0.717) is 0 Å². The lowest BCUT2D eigenvalue weighted by Gasteiger charge is -2.46. The maximum atomic E-state index is 14.5.